The topological polar surface area (TPSA) is 64.6 Å². The Morgan fingerprint density at radius 3 is 2.15 bits per heavy atom. The van der Waals surface area contributed by atoms with Crippen molar-refractivity contribution in [3.63, 3.8) is 0 Å². The molecule has 1 rings (SSSR count). The molecular formula is C22H35NO4. The first-order chi connectivity index (χ1) is 12.3. The van der Waals surface area contributed by atoms with Crippen LogP contribution in [-0.2, 0) is 14.3 Å². The highest BCUT2D eigenvalue weighted by Crippen LogP contribution is 2.32. The summed E-state index contributed by atoms with van der Waals surface area (Å²) in [6.45, 7) is 17.2. The lowest BCUT2D eigenvalue weighted by atomic mass is 9.81. The largest absolute Gasteiger partial charge is 0.460 e. The van der Waals surface area contributed by atoms with Gasteiger partial charge in [-0.25, -0.2) is 9.59 Å². The molecule has 0 bridgehead atoms. The molecule has 5 heteroatoms. The number of benzene rings is 1. The second-order valence-electron chi connectivity index (χ2n) is 8.64. The van der Waals surface area contributed by atoms with E-state index in [4.69, 9.17) is 9.47 Å². The summed E-state index contributed by atoms with van der Waals surface area (Å²) in [5.74, 6) is -0.102. The number of rotatable bonds is 6. The van der Waals surface area contributed by atoms with Crippen molar-refractivity contribution in [1.82, 2.24) is 5.32 Å². The molecule has 1 aromatic rings. The molecule has 27 heavy (non-hydrogen) atoms. The van der Waals surface area contributed by atoms with Crippen molar-refractivity contribution in [3.8, 4) is 0 Å². The summed E-state index contributed by atoms with van der Waals surface area (Å²) in [5, 5.41) is 2.53. The predicted molar refractivity (Wildman–Crippen MR) is 108 cm³/mol. The number of amides is 1. The molecule has 0 heterocycles. The Bertz CT molecular complexity index is 661. The van der Waals surface area contributed by atoms with Crippen molar-refractivity contribution in [2.24, 2.45) is 5.92 Å². The van der Waals surface area contributed by atoms with Crippen LogP contribution in [0.4, 0.5) is 4.79 Å². The molecule has 1 aromatic carbocycles. The first-order valence-electron chi connectivity index (χ1n) is 9.59. The molecule has 0 aliphatic carbocycles. The molecule has 0 unspecified atom stereocenters. The molecule has 152 valence electrons. The van der Waals surface area contributed by atoms with Gasteiger partial charge in [-0.15, -0.1) is 0 Å². The molecule has 5 nitrogen and oxygen atoms in total. The van der Waals surface area contributed by atoms with Crippen molar-refractivity contribution in [3.05, 3.63) is 34.9 Å². The van der Waals surface area contributed by atoms with Gasteiger partial charge in [0.15, 0.2) is 0 Å². The number of esters is 1. The zero-order chi connectivity index (χ0) is 20.9. The van der Waals surface area contributed by atoms with Gasteiger partial charge in [-0.3, -0.25) is 0 Å². The fraction of sp³-hybridized carbons (Fsp3) is 0.636. The number of ether oxygens (including phenoxy) is 2. The molecule has 1 N–H and O–H groups in total. The van der Waals surface area contributed by atoms with E-state index in [1.54, 1.807) is 27.7 Å². The highest BCUT2D eigenvalue weighted by Gasteiger charge is 2.29. The van der Waals surface area contributed by atoms with E-state index in [0.29, 0.717) is 5.92 Å². The van der Waals surface area contributed by atoms with E-state index in [0.717, 1.165) is 0 Å². The standard InChI is InChI=1S/C22H35NO4/c1-13(2)19(18-12-14(3)10-11-15(18)4)17(6)26-20(24)16(5)23-21(25)27-22(7,8)9/h10-13,16-17,19H,1-9H3,(H,23,25)/t16-,17-,19+/m0/s1. The third kappa shape index (κ3) is 7.24. The fourth-order valence-electron chi connectivity index (χ4n) is 3.17. The monoisotopic (exact) mass is 377 g/mol. The number of alkyl carbamates (subject to hydrolysis) is 1. The van der Waals surface area contributed by atoms with Gasteiger partial charge in [0.25, 0.3) is 0 Å². The van der Waals surface area contributed by atoms with Crippen LogP contribution in [0.1, 0.15) is 71.1 Å². The zero-order valence-corrected chi connectivity index (χ0v) is 18.2. The van der Waals surface area contributed by atoms with Crippen LogP contribution in [-0.4, -0.2) is 29.8 Å². The van der Waals surface area contributed by atoms with Crippen LogP contribution in [0.5, 0.6) is 0 Å². The van der Waals surface area contributed by atoms with Gasteiger partial charge < -0.3 is 14.8 Å². The maximum absolute atomic E-state index is 12.5. The van der Waals surface area contributed by atoms with E-state index >= 15 is 0 Å². The van der Waals surface area contributed by atoms with E-state index < -0.39 is 23.7 Å². The number of carbonyl (C=O) groups excluding carboxylic acids is 2. The van der Waals surface area contributed by atoms with Gasteiger partial charge in [0, 0.05) is 5.92 Å². The Balaban J connectivity index is 2.84. The predicted octanol–water partition coefficient (Wildman–Crippen LogP) is 4.89. The van der Waals surface area contributed by atoms with Gasteiger partial charge in [0.1, 0.15) is 17.7 Å². The Kier molecular flexibility index (Phi) is 7.88. The second kappa shape index (κ2) is 9.25. The smallest absolute Gasteiger partial charge is 0.408 e. The maximum Gasteiger partial charge on any atom is 0.408 e. The quantitative estimate of drug-likeness (QED) is 0.717. The molecule has 0 aliphatic heterocycles. The number of nitrogens with one attached hydrogen (secondary N) is 1. The van der Waals surface area contributed by atoms with Crippen molar-refractivity contribution in [2.45, 2.75) is 86.0 Å². The summed E-state index contributed by atoms with van der Waals surface area (Å²) in [5.41, 5.74) is 2.94. The van der Waals surface area contributed by atoms with Crippen molar-refractivity contribution >= 4 is 12.1 Å². The van der Waals surface area contributed by atoms with Crippen molar-refractivity contribution < 1.29 is 19.1 Å². The van der Waals surface area contributed by atoms with Crippen LogP contribution in [0.2, 0.25) is 0 Å². The molecule has 0 saturated carbocycles. The second-order valence-corrected chi connectivity index (χ2v) is 8.64. The van der Waals surface area contributed by atoms with Crippen LogP contribution in [0.3, 0.4) is 0 Å². The lowest BCUT2D eigenvalue weighted by Gasteiger charge is -2.30. The van der Waals surface area contributed by atoms with E-state index in [2.05, 4.69) is 51.2 Å². The molecular weight excluding hydrogens is 342 g/mol. The fourth-order valence-corrected chi connectivity index (χ4v) is 3.17. The van der Waals surface area contributed by atoms with E-state index in [1.165, 1.54) is 16.7 Å². The minimum Gasteiger partial charge on any atom is -0.460 e. The van der Waals surface area contributed by atoms with Gasteiger partial charge in [0.05, 0.1) is 0 Å². The first kappa shape index (κ1) is 23.0. The Hall–Kier alpha value is -2.04. The van der Waals surface area contributed by atoms with Crippen LogP contribution in [0.15, 0.2) is 18.2 Å². The Morgan fingerprint density at radius 2 is 1.63 bits per heavy atom. The molecule has 0 aromatic heterocycles. The van der Waals surface area contributed by atoms with Gasteiger partial charge >= 0.3 is 12.1 Å². The number of aryl methyl sites for hydroxylation is 2. The SMILES string of the molecule is Cc1ccc(C)c([C@H](C(C)C)[C@H](C)OC(=O)[C@H](C)NC(=O)OC(C)(C)C)c1. The highest BCUT2D eigenvalue weighted by molar-refractivity contribution is 5.81. The molecule has 0 saturated heterocycles. The first-order valence-corrected chi connectivity index (χ1v) is 9.59. The minimum atomic E-state index is -0.784. The lowest BCUT2D eigenvalue weighted by molar-refractivity contribution is -0.152. The molecule has 0 radical (unpaired) electrons. The third-order valence-corrected chi connectivity index (χ3v) is 4.41. The number of carbonyl (C=O) groups is 2. The van der Waals surface area contributed by atoms with Crippen LogP contribution in [0.25, 0.3) is 0 Å². The van der Waals surface area contributed by atoms with E-state index in [-0.39, 0.29) is 12.0 Å². The Morgan fingerprint density at radius 1 is 1.04 bits per heavy atom. The van der Waals surface area contributed by atoms with Crippen LogP contribution < -0.4 is 5.32 Å². The molecule has 1 amide bonds. The number of hydrogen-bond acceptors (Lipinski definition) is 4. The molecule has 0 fully saturated rings. The average Bonchev–Trinajstić information content (AvgIpc) is 2.48. The average molecular weight is 378 g/mol. The maximum atomic E-state index is 12.5. The third-order valence-electron chi connectivity index (χ3n) is 4.41. The van der Waals surface area contributed by atoms with Gasteiger partial charge in [-0.05, 0) is 65.5 Å². The zero-order valence-electron chi connectivity index (χ0n) is 18.2. The summed E-state index contributed by atoms with van der Waals surface area (Å²) in [4.78, 5) is 24.3. The van der Waals surface area contributed by atoms with E-state index in [1.807, 2.05) is 6.92 Å². The molecule has 0 spiro atoms. The minimum absolute atomic E-state index is 0.0718. The van der Waals surface area contributed by atoms with E-state index in [9.17, 15) is 9.59 Å². The summed E-state index contributed by atoms with van der Waals surface area (Å²) >= 11 is 0. The molecule has 0 aliphatic rings. The lowest BCUT2D eigenvalue weighted by Crippen LogP contribution is -2.43. The summed E-state index contributed by atoms with van der Waals surface area (Å²) in [6, 6.07) is 5.56. The van der Waals surface area contributed by atoms with Crippen molar-refractivity contribution in [2.75, 3.05) is 0 Å². The Labute approximate surface area is 163 Å². The highest BCUT2D eigenvalue weighted by atomic mass is 16.6. The summed E-state index contributed by atoms with van der Waals surface area (Å²) < 4.78 is 10.9. The van der Waals surface area contributed by atoms with Crippen LogP contribution >= 0.6 is 0 Å². The van der Waals surface area contributed by atoms with Gasteiger partial charge in [-0.1, -0.05) is 37.6 Å². The van der Waals surface area contributed by atoms with Gasteiger partial charge in [-0.2, -0.15) is 0 Å². The summed E-state index contributed by atoms with van der Waals surface area (Å²) in [7, 11) is 0. The number of hydrogen-bond donors (Lipinski definition) is 1. The van der Waals surface area contributed by atoms with Crippen LogP contribution in [0, 0.1) is 19.8 Å². The normalized spacial score (nSPS) is 15.0. The van der Waals surface area contributed by atoms with Crippen molar-refractivity contribution in [1.29, 1.82) is 0 Å². The van der Waals surface area contributed by atoms with Gasteiger partial charge in [0.2, 0.25) is 0 Å². The summed E-state index contributed by atoms with van der Waals surface area (Å²) in [6.07, 6.45) is -0.949. The molecule has 3 atom stereocenters.